The number of benzene rings is 1. The Morgan fingerprint density at radius 2 is 2.21 bits per heavy atom. The van der Waals surface area contributed by atoms with Gasteiger partial charge in [0.25, 0.3) is 5.56 Å². The van der Waals surface area contributed by atoms with Crippen LogP contribution in [-0.2, 0) is 5.75 Å². The van der Waals surface area contributed by atoms with E-state index in [9.17, 15) is 9.70 Å². The fraction of sp³-hybridized carbons (Fsp3) is 0.167. The Bertz CT molecular complexity index is 672. The molecule has 0 aliphatic heterocycles. The molecular formula is C12H10ClN3O2S. The molecule has 2 aromatic rings. The lowest BCUT2D eigenvalue weighted by atomic mass is 10.2. The van der Waals surface area contributed by atoms with Gasteiger partial charge in [-0.1, -0.05) is 23.4 Å². The molecule has 0 fully saturated rings. The van der Waals surface area contributed by atoms with Crippen molar-refractivity contribution in [1.29, 1.82) is 0 Å². The average molecular weight is 296 g/mol. The molecule has 0 saturated heterocycles. The summed E-state index contributed by atoms with van der Waals surface area (Å²) in [5, 5.41) is 3.93. The highest BCUT2D eigenvalue weighted by molar-refractivity contribution is 7.98. The average Bonchev–Trinajstić information content (AvgIpc) is 2.37. The summed E-state index contributed by atoms with van der Waals surface area (Å²) in [4.78, 5) is 28.6. The molecular weight excluding hydrogens is 286 g/mol. The molecule has 0 spiro atoms. The summed E-state index contributed by atoms with van der Waals surface area (Å²) < 4.78 is 0. The largest absolute Gasteiger partial charge is 0.301 e. The van der Waals surface area contributed by atoms with E-state index in [4.69, 9.17) is 11.6 Å². The first kappa shape index (κ1) is 13.8. The molecule has 0 amide bonds. The fourth-order valence-electron chi connectivity index (χ4n) is 1.49. The van der Waals surface area contributed by atoms with Gasteiger partial charge >= 0.3 is 0 Å². The SMILES string of the molecule is Cc1cc(=O)[nH]c(SCc2cc(N=O)ccc2Cl)n1. The van der Waals surface area contributed by atoms with E-state index in [-0.39, 0.29) is 5.56 Å². The van der Waals surface area contributed by atoms with E-state index in [0.717, 1.165) is 5.56 Å². The molecule has 1 heterocycles. The highest BCUT2D eigenvalue weighted by atomic mass is 35.5. The number of thioether (sulfide) groups is 1. The summed E-state index contributed by atoms with van der Waals surface area (Å²) in [5.41, 5.74) is 1.56. The molecule has 1 aromatic carbocycles. The van der Waals surface area contributed by atoms with Crippen LogP contribution in [-0.4, -0.2) is 9.97 Å². The van der Waals surface area contributed by atoms with Crippen LogP contribution < -0.4 is 5.56 Å². The summed E-state index contributed by atoms with van der Waals surface area (Å²) in [6.45, 7) is 1.75. The van der Waals surface area contributed by atoms with Crippen molar-refractivity contribution in [2.24, 2.45) is 5.18 Å². The molecule has 1 aromatic heterocycles. The number of nitrogens with zero attached hydrogens (tertiary/aromatic N) is 2. The summed E-state index contributed by atoms with van der Waals surface area (Å²) in [7, 11) is 0. The molecule has 0 radical (unpaired) electrons. The monoisotopic (exact) mass is 295 g/mol. The van der Waals surface area contributed by atoms with E-state index in [0.29, 0.717) is 27.3 Å². The van der Waals surface area contributed by atoms with E-state index < -0.39 is 0 Å². The number of rotatable bonds is 4. The highest BCUT2D eigenvalue weighted by Gasteiger charge is 2.05. The quantitative estimate of drug-likeness (QED) is 0.533. The van der Waals surface area contributed by atoms with Gasteiger partial charge in [0.15, 0.2) is 5.16 Å². The molecule has 0 saturated carbocycles. The molecule has 7 heteroatoms. The first-order valence-corrected chi connectivity index (χ1v) is 6.77. The van der Waals surface area contributed by atoms with Gasteiger partial charge in [0, 0.05) is 22.5 Å². The smallest absolute Gasteiger partial charge is 0.251 e. The van der Waals surface area contributed by atoms with E-state index >= 15 is 0 Å². The molecule has 0 atom stereocenters. The second kappa shape index (κ2) is 5.99. The first-order chi connectivity index (χ1) is 9.08. The molecule has 5 nitrogen and oxygen atoms in total. The van der Waals surface area contributed by atoms with Crippen molar-refractivity contribution < 1.29 is 0 Å². The van der Waals surface area contributed by atoms with Gasteiger partial charge in [-0.2, -0.15) is 0 Å². The number of hydrogen-bond donors (Lipinski definition) is 1. The van der Waals surface area contributed by atoms with E-state index in [1.807, 2.05) is 0 Å². The summed E-state index contributed by atoms with van der Waals surface area (Å²) in [6.07, 6.45) is 0. The van der Waals surface area contributed by atoms with Crippen LogP contribution in [0.5, 0.6) is 0 Å². The molecule has 2 rings (SSSR count). The van der Waals surface area contributed by atoms with Gasteiger partial charge in [-0.15, -0.1) is 4.91 Å². The Morgan fingerprint density at radius 1 is 1.42 bits per heavy atom. The standard InChI is InChI=1S/C12H10ClN3O2S/c1-7-4-11(17)15-12(14-7)19-6-8-5-9(16-18)2-3-10(8)13/h2-5H,6H2,1H3,(H,14,15,17). The van der Waals surface area contributed by atoms with Crippen LogP contribution >= 0.6 is 23.4 Å². The third-order valence-electron chi connectivity index (χ3n) is 2.35. The van der Waals surface area contributed by atoms with Crippen molar-refractivity contribution in [3.63, 3.8) is 0 Å². The molecule has 0 unspecified atom stereocenters. The third-order valence-corrected chi connectivity index (χ3v) is 3.64. The summed E-state index contributed by atoms with van der Waals surface area (Å²) in [5.74, 6) is 0.495. The zero-order valence-corrected chi connectivity index (χ0v) is 11.6. The number of halogens is 1. The number of nitrogens with one attached hydrogen (secondary N) is 1. The topological polar surface area (TPSA) is 75.2 Å². The lowest BCUT2D eigenvalue weighted by molar-refractivity contribution is 0.905. The number of aromatic nitrogens is 2. The van der Waals surface area contributed by atoms with Crippen molar-refractivity contribution in [2.45, 2.75) is 17.8 Å². The number of aromatic amines is 1. The van der Waals surface area contributed by atoms with Crippen LogP contribution in [0.4, 0.5) is 5.69 Å². The van der Waals surface area contributed by atoms with E-state index in [1.165, 1.54) is 17.8 Å². The van der Waals surface area contributed by atoms with Gasteiger partial charge in [0.1, 0.15) is 5.69 Å². The van der Waals surface area contributed by atoms with Gasteiger partial charge in [-0.25, -0.2) is 4.98 Å². The zero-order valence-electron chi connectivity index (χ0n) is 10.0. The Hall–Kier alpha value is -1.66. The van der Waals surface area contributed by atoms with Gasteiger partial charge in [-0.05, 0) is 35.9 Å². The van der Waals surface area contributed by atoms with Crippen molar-refractivity contribution in [1.82, 2.24) is 9.97 Å². The lowest BCUT2D eigenvalue weighted by Crippen LogP contribution is -2.08. The predicted molar refractivity (Wildman–Crippen MR) is 76.1 cm³/mol. The van der Waals surface area contributed by atoms with Crippen LogP contribution in [0.2, 0.25) is 5.02 Å². The van der Waals surface area contributed by atoms with Crippen molar-refractivity contribution in [3.8, 4) is 0 Å². The van der Waals surface area contributed by atoms with Gasteiger partial charge in [0.05, 0.1) is 0 Å². The maximum Gasteiger partial charge on any atom is 0.251 e. The lowest BCUT2D eigenvalue weighted by Gasteiger charge is -2.04. The Morgan fingerprint density at radius 3 is 2.89 bits per heavy atom. The number of H-pyrrole nitrogens is 1. The first-order valence-electron chi connectivity index (χ1n) is 5.41. The second-order valence-electron chi connectivity index (χ2n) is 3.85. The van der Waals surface area contributed by atoms with Crippen molar-refractivity contribution in [3.05, 3.63) is 55.8 Å². The molecule has 0 bridgehead atoms. The van der Waals surface area contributed by atoms with Crippen LogP contribution in [0.25, 0.3) is 0 Å². The van der Waals surface area contributed by atoms with Crippen molar-refractivity contribution in [2.75, 3.05) is 0 Å². The number of nitroso groups, excluding NO2 is 1. The number of aryl methyl sites for hydroxylation is 1. The van der Waals surface area contributed by atoms with Gasteiger partial charge in [-0.3, -0.25) is 4.79 Å². The van der Waals surface area contributed by atoms with Gasteiger partial charge in [0.2, 0.25) is 0 Å². The Labute approximate surface area is 118 Å². The normalized spacial score (nSPS) is 10.4. The zero-order chi connectivity index (χ0) is 13.8. The molecule has 0 aliphatic rings. The van der Waals surface area contributed by atoms with Crippen LogP contribution in [0.1, 0.15) is 11.3 Å². The highest BCUT2D eigenvalue weighted by Crippen LogP contribution is 2.27. The minimum Gasteiger partial charge on any atom is -0.301 e. The molecule has 0 aliphatic carbocycles. The van der Waals surface area contributed by atoms with Crippen LogP contribution in [0.3, 0.4) is 0 Å². The van der Waals surface area contributed by atoms with Crippen LogP contribution in [0.15, 0.2) is 39.4 Å². The Balaban J connectivity index is 2.18. The van der Waals surface area contributed by atoms with Crippen LogP contribution in [0, 0.1) is 11.8 Å². The molecule has 98 valence electrons. The minimum absolute atomic E-state index is 0.190. The maximum atomic E-state index is 11.3. The molecule has 19 heavy (non-hydrogen) atoms. The van der Waals surface area contributed by atoms with Gasteiger partial charge < -0.3 is 4.98 Å². The fourth-order valence-corrected chi connectivity index (χ4v) is 2.67. The van der Waals surface area contributed by atoms with E-state index in [1.54, 1.807) is 25.1 Å². The molecule has 1 N–H and O–H groups in total. The predicted octanol–water partition coefficient (Wildman–Crippen LogP) is 3.42. The summed E-state index contributed by atoms with van der Waals surface area (Å²) >= 11 is 7.37. The Kier molecular flexibility index (Phi) is 4.34. The van der Waals surface area contributed by atoms with Crippen molar-refractivity contribution >= 4 is 29.1 Å². The number of hydrogen-bond acceptors (Lipinski definition) is 5. The third kappa shape index (κ3) is 3.65. The summed E-state index contributed by atoms with van der Waals surface area (Å²) in [6, 6.07) is 6.22. The second-order valence-corrected chi connectivity index (χ2v) is 5.22. The minimum atomic E-state index is -0.190. The maximum absolute atomic E-state index is 11.3. The van der Waals surface area contributed by atoms with E-state index in [2.05, 4.69) is 15.1 Å².